The zero-order valence-corrected chi connectivity index (χ0v) is 22.3. The summed E-state index contributed by atoms with van der Waals surface area (Å²) in [5, 5.41) is 15.5. The summed E-state index contributed by atoms with van der Waals surface area (Å²) in [6, 6.07) is 20.1. The number of ether oxygens (including phenoxy) is 1. The van der Waals surface area contributed by atoms with Crippen LogP contribution in [0.3, 0.4) is 0 Å². The minimum Gasteiger partial charge on any atom is -0.506 e. The number of aromatic hydroxyl groups is 1. The van der Waals surface area contributed by atoms with Gasteiger partial charge in [-0.2, -0.15) is 0 Å². The molecule has 1 amide bonds. The molecule has 0 fully saturated rings. The molecule has 0 bridgehead atoms. The van der Waals surface area contributed by atoms with E-state index in [4.69, 9.17) is 16.3 Å². The Kier molecular flexibility index (Phi) is 6.95. The number of hydrogen-bond donors (Lipinski definition) is 2. The second-order valence-corrected chi connectivity index (χ2v) is 10.3. The van der Waals surface area contributed by atoms with Gasteiger partial charge in [-0.1, -0.05) is 51.8 Å². The molecule has 4 nitrogen and oxygen atoms in total. The monoisotopic (exact) mass is 719 g/mol. The number of nitrogens with one attached hydrogen (secondary N) is 1. The molecule has 4 aromatic carbocycles. The van der Waals surface area contributed by atoms with E-state index in [1.807, 2.05) is 59.0 Å². The van der Waals surface area contributed by atoms with Gasteiger partial charge in [0.2, 0.25) is 0 Å². The second-order valence-electron chi connectivity index (χ2n) is 6.57. The quantitative estimate of drug-likeness (QED) is 0.209. The van der Waals surface area contributed by atoms with Crippen LogP contribution in [0.2, 0.25) is 5.02 Å². The third-order valence-corrected chi connectivity index (χ3v) is 6.89. The van der Waals surface area contributed by atoms with Gasteiger partial charge in [-0.25, -0.2) is 0 Å². The topological polar surface area (TPSA) is 58.6 Å². The van der Waals surface area contributed by atoms with Crippen LogP contribution in [0.15, 0.2) is 71.2 Å². The fraction of sp³-hybridized carbons (Fsp3) is 0. The summed E-state index contributed by atoms with van der Waals surface area (Å²) in [5.74, 6) is 0.553. The first-order valence-corrected chi connectivity index (χ1v) is 12.3. The Morgan fingerprint density at radius 1 is 0.968 bits per heavy atom. The molecule has 31 heavy (non-hydrogen) atoms. The Bertz CT molecular complexity index is 1330. The van der Waals surface area contributed by atoms with Gasteiger partial charge in [-0.05, 0) is 93.0 Å². The first-order chi connectivity index (χ1) is 14.8. The van der Waals surface area contributed by atoms with Gasteiger partial charge in [0.15, 0.2) is 5.75 Å². The van der Waals surface area contributed by atoms with Gasteiger partial charge in [0.1, 0.15) is 11.5 Å². The van der Waals surface area contributed by atoms with E-state index in [9.17, 15) is 9.90 Å². The van der Waals surface area contributed by atoms with E-state index in [0.29, 0.717) is 25.8 Å². The number of hydrogen-bond acceptors (Lipinski definition) is 3. The molecule has 0 aromatic heterocycles. The molecule has 0 saturated carbocycles. The fourth-order valence-electron chi connectivity index (χ4n) is 3.06. The number of benzene rings is 4. The van der Waals surface area contributed by atoms with Crippen molar-refractivity contribution in [3.05, 3.63) is 88.9 Å². The number of phenols is 1. The maximum Gasteiger partial charge on any atom is 0.259 e. The molecule has 8 heteroatoms. The van der Waals surface area contributed by atoms with Gasteiger partial charge in [-0.15, -0.1) is 0 Å². The van der Waals surface area contributed by atoms with Crippen LogP contribution in [0.5, 0.6) is 17.2 Å². The number of carbonyl (C=O) groups excluding carboxylic acids is 1. The second kappa shape index (κ2) is 9.51. The van der Waals surface area contributed by atoms with E-state index in [2.05, 4.69) is 43.8 Å². The smallest absolute Gasteiger partial charge is 0.259 e. The van der Waals surface area contributed by atoms with Gasteiger partial charge in [0.05, 0.1) is 14.8 Å². The summed E-state index contributed by atoms with van der Waals surface area (Å²) in [5.41, 5.74) is 0.578. The van der Waals surface area contributed by atoms with Crippen LogP contribution in [0, 0.1) is 7.14 Å². The summed E-state index contributed by atoms with van der Waals surface area (Å²) in [7, 11) is 0. The molecular weight excluding hydrogens is 707 g/mol. The number of fused-ring (bicyclic) bond motifs is 1. The van der Waals surface area contributed by atoms with Gasteiger partial charge in [0, 0.05) is 18.5 Å². The maximum absolute atomic E-state index is 12.9. The fourth-order valence-corrected chi connectivity index (χ4v) is 5.55. The molecule has 2 N–H and O–H groups in total. The van der Waals surface area contributed by atoms with Gasteiger partial charge < -0.3 is 15.2 Å². The molecular formula is C23H13BrClI2NO3. The Balaban J connectivity index is 1.71. The Morgan fingerprint density at radius 3 is 2.45 bits per heavy atom. The third kappa shape index (κ3) is 4.94. The van der Waals surface area contributed by atoms with Crippen LogP contribution in [0.1, 0.15) is 10.4 Å². The molecule has 0 aliphatic rings. The zero-order valence-electron chi connectivity index (χ0n) is 15.6. The van der Waals surface area contributed by atoms with E-state index >= 15 is 0 Å². The highest BCUT2D eigenvalue weighted by molar-refractivity contribution is 14.1. The van der Waals surface area contributed by atoms with Crippen molar-refractivity contribution in [1.82, 2.24) is 0 Å². The average molecular weight is 721 g/mol. The lowest BCUT2D eigenvalue weighted by molar-refractivity contribution is 0.102. The van der Waals surface area contributed by atoms with Crippen molar-refractivity contribution in [3.8, 4) is 17.2 Å². The lowest BCUT2D eigenvalue weighted by atomic mass is 10.1. The molecule has 156 valence electrons. The van der Waals surface area contributed by atoms with E-state index in [1.165, 1.54) is 0 Å². The summed E-state index contributed by atoms with van der Waals surface area (Å²) in [4.78, 5) is 12.9. The van der Waals surface area contributed by atoms with E-state index < -0.39 is 5.91 Å². The van der Waals surface area contributed by atoms with Gasteiger partial charge in [0.25, 0.3) is 5.91 Å². The predicted molar refractivity (Wildman–Crippen MR) is 145 cm³/mol. The van der Waals surface area contributed by atoms with Crippen molar-refractivity contribution < 1.29 is 14.6 Å². The first-order valence-electron chi connectivity index (χ1n) is 8.97. The molecule has 0 unspecified atom stereocenters. The molecule has 0 saturated heterocycles. The molecule has 0 spiro atoms. The van der Waals surface area contributed by atoms with Crippen molar-refractivity contribution in [2.45, 2.75) is 0 Å². The largest absolute Gasteiger partial charge is 0.506 e. The van der Waals surface area contributed by atoms with Crippen molar-refractivity contribution in [3.63, 3.8) is 0 Å². The minimum atomic E-state index is -0.457. The molecule has 0 atom stereocenters. The number of anilines is 1. The third-order valence-electron chi connectivity index (χ3n) is 4.51. The average Bonchev–Trinajstić information content (AvgIpc) is 2.74. The normalized spacial score (nSPS) is 10.8. The van der Waals surface area contributed by atoms with E-state index in [1.54, 1.807) is 30.3 Å². The van der Waals surface area contributed by atoms with Crippen LogP contribution in [-0.4, -0.2) is 11.0 Å². The summed E-state index contributed by atoms with van der Waals surface area (Å²) in [6.45, 7) is 0. The lowest BCUT2D eigenvalue weighted by Crippen LogP contribution is -2.13. The Hall–Kier alpha value is -1.56. The Morgan fingerprint density at radius 2 is 1.68 bits per heavy atom. The SMILES string of the molecule is O=C(Nc1cc(Cl)ccc1Oc1ccc(Br)c2ccccc12)c1cc(I)cc(I)c1O. The van der Waals surface area contributed by atoms with Gasteiger partial charge >= 0.3 is 0 Å². The molecule has 4 rings (SSSR count). The van der Waals surface area contributed by atoms with E-state index in [0.717, 1.165) is 18.8 Å². The highest BCUT2D eigenvalue weighted by Crippen LogP contribution is 2.38. The number of amides is 1. The number of phenolic OH excluding ortho intramolecular Hbond substituents is 1. The highest BCUT2D eigenvalue weighted by atomic mass is 127. The maximum atomic E-state index is 12.9. The van der Waals surface area contributed by atoms with Crippen molar-refractivity contribution >= 4 is 95.1 Å². The van der Waals surface area contributed by atoms with Crippen molar-refractivity contribution in [2.24, 2.45) is 0 Å². The first kappa shape index (κ1) is 22.6. The standard InChI is InChI=1S/C23H13BrClI2NO3/c24-17-6-8-20(15-4-2-1-3-14(15)17)31-21-7-5-12(25)9-19(21)28-23(30)16-10-13(26)11-18(27)22(16)29/h1-11,29H,(H,28,30). The van der Waals surface area contributed by atoms with Gasteiger partial charge in [-0.3, -0.25) is 4.79 Å². The molecule has 0 heterocycles. The zero-order chi connectivity index (χ0) is 22.1. The Labute approximate surface area is 219 Å². The summed E-state index contributed by atoms with van der Waals surface area (Å²) < 4.78 is 8.59. The molecule has 4 aromatic rings. The van der Waals surface area contributed by atoms with Crippen molar-refractivity contribution in [1.29, 1.82) is 0 Å². The summed E-state index contributed by atoms with van der Waals surface area (Å²) in [6.07, 6.45) is 0. The van der Waals surface area contributed by atoms with Crippen LogP contribution >= 0.6 is 72.7 Å². The van der Waals surface area contributed by atoms with Crippen molar-refractivity contribution in [2.75, 3.05) is 5.32 Å². The van der Waals surface area contributed by atoms with Crippen LogP contribution in [0.4, 0.5) is 5.69 Å². The van der Waals surface area contributed by atoms with Crippen LogP contribution in [0.25, 0.3) is 10.8 Å². The number of rotatable bonds is 4. The number of halogens is 4. The van der Waals surface area contributed by atoms with Crippen LogP contribution in [-0.2, 0) is 0 Å². The molecule has 0 radical (unpaired) electrons. The highest BCUT2D eigenvalue weighted by Gasteiger charge is 2.18. The minimum absolute atomic E-state index is 0.0677. The number of carbonyl (C=O) groups is 1. The van der Waals surface area contributed by atoms with E-state index in [-0.39, 0.29) is 11.3 Å². The van der Waals surface area contributed by atoms with Crippen LogP contribution < -0.4 is 10.1 Å². The lowest BCUT2D eigenvalue weighted by Gasteiger charge is -2.15. The molecule has 0 aliphatic carbocycles. The molecule has 0 aliphatic heterocycles. The predicted octanol–water partition coefficient (Wildman–Crippen LogP) is 8.22. The summed E-state index contributed by atoms with van der Waals surface area (Å²) >= 11 is 13.8.